The lowest BCUT2D eigenvalue weighted by atomic mass is 10.2. The average molecular weight is 205 g/mol. The number of anilines is 1. The van der Waals surface area contributed by atoms with E-state index in [-0.39, 0.29) is 5.56 Å². The monoisotopic (exact) mass is 205 g/mol. The van der Waals surface area contributed by atoms with E-state index in [1.54, 1.807) is 19.1 Å². The molecule has 0 aromatic carbocycles. The number of nitrogens with zero attached hydrogens (tertiary/aromatic N) is 1. The van der Waals surface area contributed by atoms with Crippen molar-refractivity contribution in [3.63, 3.8) is 0 Å². The lowest BCUT2D eigenvalue weighted by Crippen LogP contribution is -2.12. The lowest BCUT2D eigenvalue weighted by Gasteiger charge is -2.07. The largest absolute Gasteiger partial charge is 0.496 e. The van der Waals surface area contributed by atoms with Gasteiger partial charge in [-0.3, -0.25) is 4.79 Å². The van der Waals surface area contributed by atoms with Gasteiger partial charge in [-0.05, 0) is 19.1 Å². The standard InChI is InChI=1S/C10H11N3O2/c1-5-8(15-2)6-3-4-7(11)12-9(6)13-10(5)14/h3-4H,1-2H3,(H3,11,12,13,14). The first-order chi connectivity index (χ1) is 7.13. The van der Waals surface area contributed by atoms with E-state index in [1.807, 2.05) is 0 Å². The molecule has 0 spiro atoms. The molecule has 15 heavy (non-hydrogen) atoms. The number of ether oxygens (including phenoxy) is 1. The summed E-state index contributed by atoms with van der Waals surface area (Å²) in [6.07, 6.45) is 0. The molecule has 0 radical (unpaired) electrons. The molecular formula is C10H11N3O2. The van der Waals surface area contributed by atoms with Crippen molar-refractivity contribution in [3.05, 3.63) is 28.0 Å². The van der Waals surface area contributed by atoms with Gasteiger partial charge in [-0.1, -0.05) is 0 Å². The minimum atomic E-state index is -0.211. The SMILES string of the molecule is COc1c(C)c(=O)[nH]c2nc(N)ccc12. The highest BCUT2D eigenvalue weighted by molar-refractivity contribution is 5.84. The number of aromatic nitrogens is 2. The fourth-order valence-electron chi connectivity index (χ4n) is 1.52. The van der Waals surface area contributed by atoms with Gasteiger partial charge in [0.2, 0.25) is 0 Å². The zero-order valence-electron chi connectivity index (χ0n) is 8.50. The number of aromatic amines is 1. The molecule has 0 aliphatic heterocycles. The van der Waals surface area contributed by atoms with Crippen molar-refractivity contribution in [3.8, 4) is 5.75 Å². The second kappa shape index (κ2) is 3.27. The summed E-state index contributed by atoms with van der Waals surface area (Å²) >= 11 is 0. The van der Waals surface area contributed by atoms with Crippen LogP contribution in [0.1, 0.15) is 5.56 Å². The van der Waals surface area contributed by atoms with E-state index >= 15 is 0 Å². The number of H-pyrrole nitrogens is 1. The highest BCUT2D eigenvalue weighted by atomic mass is 16.5. The molecule has 0 bridgehead atoms. The highest BCUT2D eigenvalue weighted by Gasteiger charge is 2.09. The van der Waals surface area contributed by atoms with Gasteiger partial charge in [0.05, 0.1) is 18.1 Å². The zero-order chi connectivity index (χ0) is 11.0. The van der Waals surface area contributed by atoms with Gasteiger partial charge in [0.25, 0.3) is 5.56 Å². The summed E-state index contributed by atoms with van der Waals surface area (Å²) in [5, 5.41) is 0.754. The third kappa shape index (κ3) is 1.41. The maximum absolute atomic E-state index is 11.5. The topological polar surface area (TPSA) is 81.0 Å². The molecule has 5 heteroatoms. The molecule has 0 aliphatic carbocycles. The Morgan fingerprint density at radius 2 is 2.20 bits per heavy atom. The number of pyridine rings is 2. The van der Waals surface area contributed by atoms with Gasteiger partial charge in [0.15, 0.2) is 0 Å². The number of nitrogens with one attached hydrogen (secondary N) is 1. The van der Waals surface area contributed by atoms with Crippen LogP contribution in [0.15, 0.2) is 16.9 Å². The summed E-state index contributed by atoms with van der Waals surface area (Å²) in [6.45, 7) is 1.70. The molecule has 0 saturated carbocycles. The lowest BCUT2D eigenvalue weighted by molar-refractivity contribution is 0.415. The first-order valence-corrected chi connectivity index (χ1v) is 4.46. The molecule has 78 valence electrons. The van der Waals surface area contributed by atoms with Crippen LogP contribution < -0.4 is 16.0 Å². The number of methoxy groups -OCH3 is 1. The number of nitrogens with two attached hydrogens (primary N) is 1. The molecule has 2 rings (SSSR count). The summed E-state index contributed by atoms with van der Waals surface area (Å²) in [4.78, 5) is 18.2. The van der Waals surface area contributed by atoms with E-state index in [2.05, 4.69) is 9.97 Å². The van der Waals surface area contributed by atoms with Gasteiger partial charge < -0.3 is 15.5 Å². The van der Waals surface area contributed by atoms with Crippen LogP contribution in [0, 0.1) is 6.92 Å². The Morgan fingerprint density at radius 1 is 1.47 bits per heavy atom. The summed E-state index contributed by atoms with van der Waals surface area (Å²) < 4.78 is 5.18. The Bertz CT molecular complexity index is 575. The van der Waals surface area contributed by atoms with Crippen molar-refractivity contribution in [2.75, 3.05) is 12.8 Å². The Labute approximate surface area is 85.9 Å². The van der Waals surface area contributed by atoms with Crippen LogP contribution >= 0.6 is 0 Å². The summed E-state index contributed by atoms with van der Waals surface area (Å²) in [5.41, 5.74) is 6.30. The number of fused-ring (bicyclic) bond motifs is 1. The highest BCUT2D eigenvalue weighted by Crippen LogP contribution is 2.24. The van der Waals surface area contributed by atoms with Crippen molar-refractivity contribution in [1.82, 2.24) is 9.97 Å². The molecule has 0 unspecified atom stereocenters. The Morgan fingerprint density at radius 3 is 2.87 bits per heavy atom. The minimum Gasteiger partial charge on any atom is -0.496 e. The second-order valence-electron chi connectivity index (χ2n) is 3.24. The van der Waals surface area contributed by atoms with Crippen LogP contribution in [0.3, 0.4) is 0 Å². The average Bonchev–Trinajstić information content (AvgIpc) is 2.20. The molecule has 2 heterocycles. The van der Waals surface area contributed by atoms with Crippen LogP contribution in [0.25, 0.3) is 11.0 Å². The summed E-state index contributed by atoms with van der Waals surface area (Å²) in [5.74, 6) is 0.908. The Balaban J connectivity index is 2.94. The number of hydrogen-bond donors (Lipinski definition) is 2. The van der Waals surface area contributed by atoms with Gasteiger partial charge in [0, 0.05) is 0 Å². The first kappa shape index (κ1) is 9.51. The number of rotatable bonds is 1. The third-order valence-electron chi connectivity index (χ3n) is 2.28. The van der Waals surface area contributed by atoms with Crippen molar-refractivity contribution >= 4 is 16.9 Å². The molecule has 0 amide bonds. The van der Waals surface area contributed by atoms with Crippen LogP contribution in [0.4, 0.5) is 5.82 Å². The van der Waals surface area contributed by atoms with E-state index in [0.29, 0.717) is 22.8 Å². The molecule has 2 aromatic rings. The van der Waals surface area contributed by atoms with Gasteiger partial charge in [-0.25, -0.2) is 4.98 Å². The fraction of sp³-hybridized carbons (Fsp3) is 0.200. The van der Waals surface area contributed by atoms with Gasteiger partial charge >= 0.3 is 0 Å². The van der Waals surface area contributed by atoms with Crippen molar-refractivity contribution in [2.24, 2.45) is 0 Å². The predicted octanol–water partition coefficient (Wildman–Crippen LogP) is 0.822. The van der Waals surface area contributed by atoms with E-state index < -0.39 is 0 Å². The Kier molecular flexibility index (Phi) is 2.07. The smallest absolute Gasteiger partial charge is 0.256 e. The molecule has 5 nitrogen and oxygen atoms in total. The van der Waals surface area contributed by atoms with Gasteiger partial charge in [-0.15, -0.1) is 0 Å². The number of hydrogen-bond acceptors (Lipinski definition) is 4. The third-order valence-corrected chi connectivity index (χ3v) is 2.28. The predicted molar refractivity (Wildman–Crippen MR) is 58.1 cm³/mol. The van der Waals surface area contributed by atoms with Crippen LogP contribution in [0.5, 0.6) is 5.75 Å². The first-order valence-electron chi connectivity index (χ1n) is 4.46. The van der Waals surface area contributed by atoms with Crippen LogP contribution in [-0.2, 0) is 0 Å². The maximum atomic E-state index is 11.5. The molecule has 2 aromatic heterocycles. The van der Waals surface area contributed by atoms with Crippen molar-refractivity contribution < 1.29 is 4.74 Å². The van der Waals surface area contributed by atoms with Crippen LogP contribution in [0.2, 0.25) is 0 Å². The van der Waals surface area contributed by atoms with E-state index in [9.17, 15) is 4.79 Å². The zero-order valence-corrected chi connectivity index (χ0v) is 8.50. The van der Waals surface area contributed by atoms with E-state index in [0.717, 1.165) is 5.39 Å². The van der Waals surface area contributed by atoms with Gasteiger partial charge in [-0.2, -0.15) is 0 Å². The minimum absolute atomic E-state index is 0.211. The molecule has 0 fully saturated rings. The quantitative estimate of drug-likeness (QED) is 0.722. The van der Waals surface area contributed by atoms with E-state index in [4.69, 9.17) is 10.5 Å². The normalized spacial score (nSPS) is 10.5. The molecule has 3 N–H and O–H groups in total. The van der Waals surface area contributed by atoms with E-state index in [1.165, 1.54) is 7.11 Å². The molecule has 0 saturated heterocycles. The van der Waals surface area contributed by atoms with Crippen LogP contribution in [-0.4, -0.2) is 17.1 Å². The molecule has 0 atom stereocenters. The second-order valence-corrected chi connectivity index (χ2v) is 3.24. The maximum Gasteiger partial charge on any atom is 0.256 e. The molecular weight excluding hydrogens is 194 g/mol. The number of nitrogen functional groups attached to an aromatic ring is 1. The summed E-state index contributed by atoms with van der Waals surface area (Å²) in [7, 11) is 1.53. The van der Waals surface area contributed by atoms with Gasteiger partial charge in [0.1, 0.15) is 17.2 Å². The summed E-state index contributed by atoms with van der Waals surface area (Å²) in [6, 6.07) is 3.45. The van der Waals surface area contributed by atoms with Crippen molar-refractivity contribution in [2.45, 2.75) is 6.92 Å². The molecule has 0 aliphatic rings. The fourth-order valence-corrected chi connectivity index (χ4v) is 1.52. The van der Waals surface area contributed by atoms with Crippen molar-refractivity contribution in [1.29, 1.82) is 0 Å². The Hall–Kier alpha value is -2.04.